The number of nitrogens with one attached hydrogen (secondary N) is 2. The number of benzene rings is 2. The number of tetrazole rings is 1. The Labute approximate surface area is 272 Å². The van der Waals surface area contributed by atoms with Gasteiger partial charge in [-0.05, 0) is 97.9 Å². The van der Waals surface area contributed by atoms with Crippen LogP contribution in [0.3, 0.4) is 0 Å². The van der Waals surface area contributed by atoms with Crippen LogP contribution in [0.25, 0.3) is 5.70 Å². The lowest BCUT2D eigenvalue weighted by molar-refractivity contribution is 0.0827. The molecule has 2 aromatic carbocycles. The highest BCUT2D eigenvalue weighted by Gasteiger charge is 2.53. The third-order valence-corrected chi connectivity index (χ3v) is 10.1. The van der Waals surface area contributed by atoms with Gasteiger partial charge in [0, 0.05) is 63.3 Å². The molecular weight excluding hydrogens is 574 g/mol. The number of carbonyl (C=O) groups is 1. The number of fused-ring (bicyclic) bond motifs is 3. The quantitative estimate of drug-likeness (QED) is 0.348. The lowest BCUT2D eigenvalue weighted by Crippen LogP contribution is -2.49. The van der Waals surface area contributed by atoms with Gasteiger partial charge in [0.1, 0.15) is 6.04 Å². The highest BCUT2D eigenvalue weighted by molar-refractivity contribution is 5.94. The number of amides is 1. The molecular formula is C36H45N9O. The van der Waals surface area contributed by atoms with Crippen molar-refractivity contribution in [2.45, 2.75) is 69.0 Å². The predicted molar refractivity (Wildman–Crippen MR) is 179 cm³/mol. The van der Waals surface area contributed by atoms with Crippen LogP contribution in [0, 0.1) is 17.2 Å². The van der Waals surface area contributed by atoms with Crippen molar-refractivity contribution >= 4 is 11.6 Å². The summed E-state index contributed by atoms with van der Waals surface area (Å²) in [5.74, 6) is 1.17. The first-order chi connectivity index (χ1) is 21.9. The number of hydrogen-bond donors (Lipinski definition) is 2. The number of aromatic amines is 1. The van der Waals surface area contributed by atoms with E-state index in [-0.39, 0.29) is 11.9 Å². The molecule has 1 aliphatic heterocycles. The Kier molecular flexibility index (Phi) is 8.01. The van der Waals surface area contributed by atoms with E-state index in [0.29, 0.717) is 36.3 Å². The molecule has 0 spiro atoms. The highest BCUT2D eigenvalue weighted by atomic mass is 16.2. The first-order valence-corrected chi connectivity index (χ1v) is 16.1. The fourth-order valence-electron chi connectivity index (χ4n) is 7.72. The number of hydrogen-bond acceptors (Lipinski definition) is 8. The van der Waals surface area contributed by atoms with Gasteiger partial charge < -0.3 is 20.0 Å². The zero-order valence-corrected chi connectivity index (χ0v) is 27.9. The summed E-state index contributed by atoms with van der Waals surface area (Å²) in [4.78, 5) is 19.0. The number of carbonyl (C=O) groups excluding carboxylic acids is 1. The van der Waals surface area contributed by atoms with Gasteiger partial charge in [0.05, 0.1) is 11.5 Å². The maximum Gasteiger partial charge on any atom is 0.253 e. The molecule has 1 saturated heterocycles. The summed E-state index contributed by atoms with van der Waals surface area (Å²) >= 11 is 0. The fourth-order valence-corrected chi connectivity index (χ4v) is 7.72. The molecule has 1 saturated carbocycles. The molecule has 0 radical (unpaired) electrons. The fraction of sp³-hybridized carbons (Fsp3) is 0.472. The SMILES string of the molecule is C=C(c1ccc2c(c1)CCc1cc(C(=O)N(C)C)ccc1C2(CC(C)(C)NCC(=C)N1C(C#N)C[C@@H]2C[C@@H]21)c1nn[nH]n1)N(C)C. The lowest BCUT2D eigenvalue weighted by Gasteiger charge is -2.41. The number of H-pyrrole nitrogens is 1. The maximum absolute atomic E-state index is 13.1. The van der Waals surface area contributed by atoms with Crippen molar-refractivity contribution in [3.63, 3.8) is 0 Å². The molecule has 1 aromatic heterocycles. The summed E-state index contributed by atoms with van der Waals surface area (Å²) in [6.45, 7) is 13.7. The van der Waals surface area contributed by atoms with E-state index in [1.54, 1.807) is 19.0 Å². The minimum absolute atomic E-state index is 0.0321. The van der Waals surface area contributed by atoms with Crippen LogP contribution in [0.15, 0.2) is 55.3 Å². The van der Waals surface area contributed by atoms with Crippen LogP contribution in [0.1, 0.15) is 77.1 Å². The second-order valence-corrected chi connectivity index (χ2v) is 14.3. The minimum Gasteiger partial charge on any atom is -0.378 e. The average molecular weight is 620 g/mol. The summed E-state index contributed by atoms with van der Waals surface area (Å²) in [7, 11) is 7.56. The number of piperidine rings is 1. The van der Waals surface area contributed by atoms with Crippen molar-refractivity contribution in [1.82, 2.24) is 40.6 Å². The molecule has 3 aromatic rings. The van der Waals surface area contributed by atoms with Gasteiger partial charge in [-0.1, -0.05) is 36.6 Å². The molecule has 10 heteroatoms. The van der Waals surface area contributed by atoms with Gasteiger partial charge in [0.25, 0.3) is 5.91 Å². The highest BCUT2D eigenvalue weighted by Crippen LogP contribution is 2.50. The second-order valence-electron chi connectivity index (χ2n) is 14.3. The van der Waals surface area contributed by atoms with Crippen LogP contribution in [0.2, 0.25) is 0 Å². The number of aromatic nitrogens is 4. The molecule has 10 nitrogen and oxygen atoms in total. The summed E-state index contributed by atoms with van der Waals surface area (Å²) in [6.07, 6.45) is 4.23. The van der Waals surface area contributed by atoms with Crippen molar-refractivity contribution in [1.29, 1.82) is 5.26 Å². The molecule has 2 fully saturated rings. The van der Waals surface area contributed by atoms with E-state index in [4.69, 9.17) is 0 Å². The van der Waals surface area contributed by atoms with Crippen LogP contribution >= 0.6 is 0 Å². The van der Waals surface area contributed by atoms with Crippen molar-refractivity contribution in [2.24, 2.45) is 5.92 Å². The Morgan fingerprint density at radius 3 is 2.30 bits per heavy atom. The van der Waals surface area contributed by atoms with Gasteiger partial charge >= 0.3 is 0 Å². The number of aryl methyl sites for hydroxylation is 2. The molecule has 240 valence electrons. The van der Waals surface area contributed by atoms with Crippen molar-refractivity contribution in [2.75, 3.05) is 34.7 Å². The molecule has 2 N–H and O–H groups in total. The predicted octanol–water partition coefficient (Wildman–Crippen LogP) is 4.13. The van der Waals surface area contributed by atoms with E-state index in [9.17, 15) is 10.1 Å². The van der Waals surface area contributed by atoms with Crippen LogP contribution in [-0.2, 0) is 18.3 Å². The minimum atomic E-state index is -0.784. The monoisotopic (exact) mass is 619 g/mol. The molecule has 0 bridgehead atoms. The Morgan fingerprint density at radius 1 is 1.07 bits per heavy atom. The number of likely N-dealkylation sites (tertiary alicyclic amines) is 1. The van der Waals surface area contributed by atoms with Gasteiger partial charge in [-0.2, -0.15) is 10.5 Å². The van der Waals surface area contributed by atoms with Gasteiger partial charge in [0.2, 0.25) is 0 Å². The maximum atomic E-state index is 13.1. The Hall–Kier alpha value is -4.49. The standard InChI is InChI=1S/C36H45N9O/c1-22(45-29(19-37)17-28-18-32(28)45)20-38-35(3,4)21-36(34-39-41-42-40-34)30-13-11-24(23(2)43(5)6)15-25(30)9-10-26-16-27(12-14-31(26)36)33(46)44(7)8/h11-16,28-29,32,38H,1-2,9-10,17-18,20-21H2,3-8H3,(H,39,40,41,42)/t28-,29?,32+,36?/m1/s1. The molecule has 2 heterocycles. The zero-order chi connectivity index (χ0) is 33.0. The summed E-state index contributed by atoms with van der Waals surface area (Å²) in [5.41, 5.74) is 6.86. The van der Waals surface area contributed by atoms with Crippen LogP contribution in [0.5, 0.6) is 0 Å². The van der Waals surface area contributed by atoms with Gasteiger partial charge in [-0.15, -0.1) is 10.2 Å². The normalized spacial score (nSPS) is 23.0. The molecule has 6 rings (SSSR count). The zero-order valence-electron chi connectivity index (χ0n) is 27.9. The van der Waals surface area contributed by atoms with Crippen LogP contribution < -0.4 is 5.32 Å². The topological polar surface area (TPSA) is 117 Å². The van der Waals surface area contributed by atoms with Gasteiger partial charge in [0.15, 0.2) is 5.82 Å². The third-order valence-electron chi connectivity index (χ3n) is 10.1. The molecule has 3 aliphatic rings. The van der Waals surface area contributed by atoms with Crippen molar-refractivity contribution in [3.05, 3.63) is 94.5 Å². The number of rotatable bonds is 10. The van der Waals surface area contributed by atoms with E-state index < -0.39 is 11.0 Å². The van der Waals surface area contributed by atoms with Crippen LogP contribution in [0.4, 0.5) is 0 Å². The lowest BCUT2D eigenvalue weighted by atomic mass is 9.65. The molecule has 2 unspecified atom stereocenters. The third kappa shape index (κ3) is 5.47. The van der Waals surface area contributed by atoms with E-state index in [1.165, 1.54) is 5.56 Å². The van der Waals surface area contributed by atoms with Gasteiger partial charge in [-0.3, -0.25) is 4.79 Å². The smallest absolute Gasteiger partial charge is 0.253 e. The summed E-state index contributed by atoms with van der Waals surface area (Å²) in [5, 5.41) is 29.7. The summed E-state index contributed by atoms with van der Waals surface area (Å²) < 4.78 is 0. The molecule has 46 heavy (non-hydrogen) atoms. The Morgan fingerprint density at radius 2 is 1.72 bits per heavy atom. The molecule has 1 amide bonds. The Balaban J connectivity index is 1.45. The van der Waals surface area contributed by atoms with E-state index in [0.717, 1.165) is 59.3 Å². The first-order valence-electron chi connectivity index (χ1n) is 16.1. The van der Waals surface area contributed by atoms with Crippen molar-refractivity contribution < 1.29 is 4.79 Å². The van der Waals surface area contributed by atoms with Crippen molar-refractivity contribution in [3.8, 4) is 6.07 Å². The number of nitriles is 1. The average Bonchev–Trinajstić information content (AvgIpc) is 3.42. The van der Waals surface area contributed by atoms with E-state index >= 15 is 0 Å². The van der Waals surface area contributed by atoms with Gasteiger partial charge in [-0.25, -0.2) is 0 Å². The summed E-state index contributed by atoms with van der Waals surface area (Å²) in [6, 6.07) is 15.5. The second kappa shape index (κ2) is 11.7. The largest absolute Gasteiger partial charge is 0.378 e. The Bertz CT molecular complexity index is 1640. The number of nitrogens with zero attached hydrogens (tertiary/aromatic N) is 7. The van der Waals surface area contributed by atoms with E-state index in [2.05, 4.69) is 88.2 Å². The van der Waals surface area contributed by atoms with E-state index in [1.807, 2.05) is 31.1 Å². The van der Waals surface area contributed by atoms with Crippen LogP contribution in [-0.4, -0.2) is 93.6 Å². The first kappa shape index (κ1) is 31.5. The molecule has 2 aliphatic carbocycles. The molecule has 4 atom stereocenters.